The van der Waals surface area contributed by atoms with Crippen molar-refractivity contribution < 1.29 is 12.8 Å². The fourth-order valence-corrected chi connectivity index (χ4v) is 5.17. The Morgan fingerprint density at radius 3 is 2.33 bits per heavy atom. The van der Waals surface area contributed by atoms with E-state index in [0.29, 0.717) is 27.3 Å². The van der Waals surface area contributed by atoms with Gasteiger partial charge < -0.3 is 0 Å². The van der Waals surface area contributed by atoms with Crippen molar-refractivity contribution >= 4 is 43.2 Å². The average molecular weight is 463 g/mol. The molecule has 4 aromatic rings. The molecule has 154 valence electrons. The van der Waals surface area contributed by atoms with Gasteiger partial charge in [0, 0.05) is 11.6 Å². The first-order valence-corrected chi connectivity index (χ1v) is 11.6. The fourth-order valence-electron chi connectivity index (χ4n) is 3.00. The van der Waals surface area contributed by atoms with Gasteiger partial charge in [-0.05, 0) is 53.6 Å². The number of halogens is 2. The van der Waals surface area contributed by atoms with Gasteiger partial charge in [-0.3, -0.25) is 9.36 Å². The Bertz CT molecular complexity index is 1360. The first-order valence-electron chi connectivity index (χ1n) is 8.94. The molecule has 0 bridgehead atoms. The number of nitrogens with one attached hydrogen (secondary N) is 1. The minimum Gasteiger partial charge on any atom is -0.294 e. The zero-order valence-electron chi connectivity index (χ0n) is 15.5. The van der Waals surface area contributed by atoms with Crippen molar-refractivity contribution in [3.8, 4) is 0 Å². The van der Waals surface area contributed by atoms with Crippen LogP contribution >= 0.6 is 22.9 Å². The van der Waals surface area contributed by atoms with Gasteiger partial charge in [-0.1, -0.05) is 47.2 Å². The molecule has 0 radical (unpaired) electrons. The molecule has 0 unspecified atom stereocenters. The Morgan fingerprint density at radius 1 is 0.967 bits per heavy atom. The highest BCUT2D eigenvalue weighted by Crippen LogP contribution is 2.23. The van der Waals surface area contributed by atoms with Crippen LogP contribution in [0.25, 0.3) is 10.2 Å². The molecule has 1 N–H and O–H groups in total. The summed E-state index contributed by atoms with van der Waals surface area (Å²) in [4.78, 5) is 12.4. The molecule has 9 heteroatoms. The van der Waals surface area contributed by atoms with E-state index in [2.05, 4.69) is 4.72 Å². The Morgan fingerprint density at radius 2 is 1.63 bits per heavy atom. The standard InChI is InChI=1S/C21H16ClFN2O3S2/c22-16-5-1-15(2-6-16)13-25-19-10-9-18(11-20(19)29-21(25)26)30(27,28)24-12-14-3-7-17(23)8-4-14/h1-11,24H,12-13H2. The van der Waals surface area contributed by atoms with Crippen molar-refractivity contribution in [3.63, 3.8) is 0 Å². The summed E-state index contributed by atoms with van der Waals surface area (Å²) in [6.45, 7) is 0.402. The summed E-state index contributed by atoms with van der Waals surface area (Å²) in [5.74, 6) is -0.384. The fraction of sp³-hybridized carbons (Fsp3) is 0.0952. The Kier molecular flexibility index (Phi) is 5.75. The van der Waals surface area contributed by atoms with Crippen LogP contribution in [-0.2, 0) is 23.1 Å². The quantitative estimate of drug-likeness (QED) is 0.462. The second-order valence-electron chi connectivity index (χ2n) is 6.66. The lowest BCUT2D eigenvalue weighted by Gasteiger charge is -2.08. The molecule has 0 aliphatic rings. The minimum absolute atomic E-state index is 0.0362. The molecule has 0 aliphatic carbocycles. The van der Waals surface area contributed by atoms with Crippen molar-refractivity contribution in [2.75, 3.05) is 0 Å². The monoisotopic (exact) mass is 462 g/mol. The largest absolute Gasteiger partial charge is 0.308 e. The molecule has 0 aliphatic heterocycles. The van der Waals surface area contributed by atoms with Gasteiger partial charge in [-0.2, -0.15) is 0 Å². The van der Waals surface area contributed by atoms with Crippen LogP contribution < -0.4 is 9.60 Å². The molecule has 4 rings (SSSR count). The van der Waals surface area contributed by atoms with Crippen LogP contribution in [0.4, 0.5) is 4.39 Å². The molecule has 5 nitrogen and oxygen atoms in total. The lowest BCUT2D eigenvalue weighted by atomic mass is 10.2. The third kappa shape index (κ3) is 4.46. The number of rotatable bonds is 6. The van der Waals surface area contributed by atoms with Crippen molar-refractivity contribution in [2.45, 2.75) is 18.0 Å². The van der Waals surface area contributed by atoms with Gasteiger partial charge in [0.05, 0.1) is 21.7 Å². The van der Waals surface area contributed by atoms with E-state index in [0.717, 1.165) is 16.9 Å². The summed E-state index contributed by atoms with van der Waals surface area (Å²) in [5, 5.41) is 0.615. The van der Waals surface area contributed by atoms with Gasteiger partial charge in [0.2, 0.25) is 10.0 Å². The summed E-state index contributed by atoms with van der Waals surface area (Å²) in [6.07, 6.45) is 0. The lowest BCUT2D eigenvalue weighted by Crippen LogP contribution is -2.23. The second-order valence-corrected chi connectivity index (χ2v) is 9.86. The van der Waals surface area contributed by atoms with Crippen molar-refractivity contribution in [2.24, 2.45) is 0 Å². The molecule has 0 amide bonds. The molecule has 3 aromatic carbocycles. The molecule has 0 spiro atoms. The number of fused-ring (bicyclic) bond motifs is 1. The van der Waals surface area contributed by atoms with Crippen LogP contribution in [0.5, 0.6) is 0 Å². The molecule has 0 saturated carbocycles. The molecule has 0 atom stereocenters. The van der Waals surface area contributed by atoms with E-state index in [9.17, 15) is 17.6 Å². The van der Waals surface area contributed by atoms with Crippen molar-refractivity contribution in [1.29, 1.82) is 0 Å². The van der Waals surface area contributed by atoms with Crippen LogP contribution in [0, 0.1) is 5.82 Å². The van der Waals surface area contributed by atoms with Crippen molar-refractivity contribution in [3.05, 3.63) is 98.4 Å². The maximum absolute atomic E-state index is 13.0. The molecular formula is C21H16ClFN2O3S2. The topological polar surface area (TPSA) is 68.2 Å². The lowest BCUT2D eigenvalue weighted by molar-refractivity contribution is 0.581. The van der Waals surface area contributed by atoms with Gasteiger partial charge in [0.1, 0.15) is 5.82 Å². The van der Waals surface area contributed by atoms with Crippen LogP contribution in [0.1, 0.15) is 11.1 Å². The average Bonchev–Trinajstić information content (AvgIpc) is 3.04. The van der Waals surface area contributed by atoms with E-state index in [1.54, 1.807) is 22.8 Å². The van der Waals surface area contributed by atoms with Crippen molar-refractivity contribution in [1.82, 2.24) is 9.29 Å². The number of aromatic nitrogens is 1. The maximum atomic E-state index is 13.0. The zero-order valence-corrected chi connectivity index (χ0v) is 17.9. The molecular weight excluding hydrogens is 447 g/mol. The third-order valence-electron chi connectivity index (χ3n) is 4.58. The first kappa shape index (κ1) is 20.7. The number of nitrogens with zero attached hydrogens (tertiary/aromatic N) is 1. The number of hydrogen-bond acceptors (Lipinski definition) is 4. The number of thiazole rings is 1. The number of sulfonamides is 1. The van der Waals surface area contributed by atoms with E-state index < -0.39 is 10.0 Å². The third-order valence-corrected chi connectivity index (χ3v) is 7.18. The minimum atomic E-state index is -3.79. The smallest absolute Gasteiger partial charge is 0.294 e. The van der Waals surface area contributed by atoms with Gasteiger partial charge in [-0.25, -0.2) is 17.5 Å². The first-order chi connectivity index (χ1) is 14.3. The number of hydrogen-bond donors (Lipinski definition) is 1. The Balaban J connectivity index is 1.59. The highest BCUT2D eigenvalue weighted by molar-refractivity contribution is 7.89. The van der Waals surface area contributed by atoms with Crippen LogP contribution in [0.3, 0.4) is 0 Å². The van der Waals surface area contributed by atoms with Gasteiger partial charge in [0.25, 0.3) is 0 Å². The van der Waals surface area contributed by atoms with Crippen LogP contribution in [0.2, 0.25) is 5.02 Å². The molecule has 0 fully saturated rings. The zero-order chi connectivity index (χ0) is 21.3. The van der Waals surface area contributed by atoms with Gasteiger partial charge >= 0.3 is 4.87 Å². The normalized spacial score (nSPS) is 11.8. The van der Waals surface area contributed by atoms with E-state index in [4.69, 9.17) is 11.6 Å². The molecule has 1 aromatic heterocycles. The highest BCUT2D eigenvalue weighted by atomic mass is 35.5. The van der Waals surface area contributed by atoms with E-state index in [1.807, 2.05) is 12.1 Å². The Labute approximate surface area is 181 Å². The maximum Gasteiger partial charge on any atom is 0.308 e. The van der Waals surface area contributed by atoms with Gasteiger partial charge in [0.15, 0.2) is 0 Å². The number of benzene rings is 3. The molecule has 0 saturated heterocycles. The van der Waals surface area contributed by atoms with E-state index in [-0.39, 0.29) is 22.1 Å². The van der Waals surface area contributed by atoms with Crippen LogP contribution in [0.15, 0.2) is 76.4 Å². The van der Waals surface area contributed by atoms with E-state index in [1.165, 1.54) is 36.4 Å². The molecule has 30 heavy (non-hydrogen) atoms. The summed E-state index contributed by atoms with van der Waals surface area (Å²) < 4.78 is 43.0. The Hall–Kier alpha value is -2.52. The summed E-state index contributed by atoms with van der Waals surface area (Å²) in [7, 11) is -3.79. The van der Waals surface area contributed by atoms with Gasteiger partial charge in [-0.15, -0.1) is 0 Å². The summed E-state index contributed by atoms with van der Waals surface area (Å²) in [5.41, 5.74) is 2.22. The SMILES string of the molecule is O=c1sc2cc(S(=O)(=O)NCc3ccc(F)cc3)ccc2n1Cc1ccc(Cl)cc1. The predicted octanol–water partition coefficient (Wildman–Crippen LogP) is 4.38. The second kappa shape index (κ2) is 8.31. The highest BCUT2D eigenvalue weighted by Gasteiger charge is 2.17. The van der Waals surface area contributed by atoms with Crippen LogP contribution in [-0.4, -0.2) is 13.0 Å². The van der Waals surface area contributed by atoms with E-state index >= 15 is 0 Å². The molecule has 1 heterocycles. The summed E-state index contributed by atoms with van der Waals surface area (Å²) in [6, 6.07) is 17.4. The summed E-state index contributed by atoms with van der Waals surface area (Å²) >= 11 is 6.90. The predicted molar refractivity (Wildman–Crippen MR) is 117 cm³/mol.